The molecule has 0 heterocycles. The third kappa shape index (κ3) is 3.56. The van der Waals surface area contributed by atoms with Crippen LogP contribution in [0.2, 0.25) is 0 Å². The van der Waals surface area contributed by atoms with Gasteiger partial charge < -0.3 is 10.3 Å². The summed E-state index contributed by atoms with van der Waals surface area (Å²) >= 11 is 0. The van der Waals surface area contributed by atoms with Gasteiger partial charge in [-0.15, -0.1) is 0 Å². The molecule has 0 aromatic carbocycles. The van der Waals surface area contributed by atoms with Crippen molar-refractivity contribution in [3.63, 3.8) is 0 Å². The predicted octanol–water partition coefficient (Wildman–Crippen LogP) is 0.284. The molecule has 0 aliphatic heterocycles. The van der Waals surface area contributed by atoms with Gasteiger partial charge in [0.25, 0.3) is 5.78 Å². The molecule has 17 heavy (non-hydrogen) atoms. The Balaban J connectivity index is 0.000000453. The fourth-order valence-corrected chi connectivity index (χ4v) is 2.22. The number of ketones is 4. The summed E-state index contributed by atoms with van der Waals surface area (Å²) in [5.41, 5.74) is 0. The molecule has 2 atom stereocenters. The van der Waals surface area contributed by atoms with Crippen molar-refractivity contribution in [1.82, 2.24) is 0 Å². The van der Waals surface area contributed by atoms with Crippen LogP contribution in [-0.4, -0.2) is 28.6 Å². The van der Waals surface area contributed by atoms with Gasteiger partial charge in [0, 0.05) is 11.8 Å². The molecule has 0 saturated heterocycles. The lowest BCUT2D eigenvalue weighted by Crippen LogP contribution is -2.21. The van der Waals surface area contributed by atoms with E-state index in [1.54, 1.807) is 0 Å². The Kier molecular flexibility index (Phi) is 5.88. The highest BCUT2D eigenvalue weighted by Gasteiger charge is 2.48. The van der Waals surface area contributed by atoms with Crippen molar-refractivity contribution in [3.05, 3.63) is 0 Å². The molecular formula is C12H18O5. The fraction of sp³-hybridized carbons (Fsp3) is 0.667. The molecule has 0 bridgehead atoms. The van der Waals surface area contributed by atoms with Crippen molar-refractivity contribution in [2.24, 2.45) is 11.8 Å². The van der Waals surface area contributed by atoms with E-state index in [-0.39, 0.29) is 23.1 Å². The number of Topliss-reactive ketones (excluding diaryl/α,β-unsaturated/α-hetero) is 4. The maximum atomic E-state index is 11.2. The Hall–Kier alpha value is -1.36. The molecule has 2 saturated carbocycles. The Labute approximate surface area is 99.9 Å². The maximum Gasteiger partial charge on any atom is 0.264 e. The van der Waals surface area contributed by atoms with E-state index in [4.69, 9.17) is 0 Å². The Bertz CT molecular complexity index is 315. The highest BCUT2D eigenvalue weighted by atomic mass is 16.2. The van der Waals surface area contributed by atoms with Crippen molar-refractivity contribution in [2.45, 2.75) is 39.5 Å². The second-order valence-electron chi connectivity index (χ2n) is 4.46. The van der Waals surface area contributed by atoms with E-state index in [0.29, 0.717) is 0 Å². The lowest BCUT2D eigenvalue weighted by molar-refractivity contribution is -0.141. The topological polar surface area (TPSA) is 99.8 Å². The van der Waals surface area contributed by atoms with E-state index in [0.717, 1.165) is 25.7 Å². The van der Waals surface area contributed by atoms with Gasteiger partial charge in [-0.25, -0.2) is 0 Å². The van der Waals surface area contributed by atoms with E-state index < -0.39 is 17.3 Å². The minimum atomic E-state index is -0.744. The summed E-state index contributed by atoms with van der Waals surface area (Å²) in [6, 6.07) is 0. The summed E-state index contributed by atoms with van der Waals surface area (Å²) in [7, 11) is 0. The predicted molar refractivity (Wildman–Crippen MR) is 60.4 cm³/mol. The molecule has 2 aliphatic carbocycles. The van der Waals surface area contributed by atoms with Crippen LogP contribution in [-0.2, 0) is 19.2 Å². The average Bonchev–Trinajstić information content (AvgIpc) is 2.44. The minimum absolute atomic E-state index is 0. The summed E-state index contributed by atoms with van der Waals surface area (Å²) < 4.78 is 0. The smallest absolute Gasteiger partial charge is 0.264 e. The molecule has 2 rings (SSSR count). The quantitative estimate of drug-likeness (QED) is 0.569. The van der Waals surface area contributed by atoms with Crippen LogP contribution in [0.15, 0.2) is 0 Å². The lowest BCUT2D eigenvalue weighted by atomic mass is 9.81. The average molecular weight is 242 g/mol. The number of carbonyl (C=O) groups excluding carboxylic acids is 4. The molecule has 0 aromatic rings. The molecule has 2 N–H and O–H groups in total. The van der Waals surface area contributed by atoms with E-state index >= 15 is 0 Å². The summed E-state index contributed by atoms with van der Waals surface area (Å²) in [5, 5.41) is 0. The molecule has 96 valence electrons. The molecule has 2 aliphatic rings. The molecule has 5 heteroatoms. The van der Waals surface area contributed by atoms with Gasteiger partial charge in [-0.3, -0.25) is 14.4 Å². The van der Waals surface area contributed by atoms with Crippen LogP contribution < -0.4 is 0 Å². The summed E-state index contributed by atoms with van der Waals surface area (Å²) in [6.07, 6.45) is 3.43. The van der Waals surface area contributed by atoms with Crippen molar-refractivity contribution in [1.29, 1.82) is 0 Å². The van der Waals surface area contributed by atoms with E-state index in [1.165, 1.54) is 13.8 Å². The number of rotatable bonds is 0. The lowest BCUT2D eigenvalue weighted by Gasteiger charge is -2.20. The zero-order valence-corrected chi connectivity index (χ0v) is 10.1. The first-order valence-electron chi connectivity index (χ1n) is 5.54. The second kappa shape index (κ2) is 6.39. The van der Waals surface area contributed by atoms with E-state index in [2.05, 4.69) is 0 Å². The minimum Gasteiger partial charge on any atom is -0.412 e. The van der Waals surface area contributed by atoms with E-state index in [1.807, 2.05) is 0 Å². The van der Waals surface area contributed by atoms with Gasteiger partial charge in [0.15, 0.2) is 0 Å². The summed E-state index contributed by atoms with van der Waals surface area (Å²) in [5.74, 6) is -1.93. The summed E-state index contributed by atoms with van der Waals surface area (Å²) in [6.45, 7) is 3.06. The van der Waals surface area contributed by atoms with Gasteiger partial charge in [-0.05, 0) is 26.7 Å². The normalized spacial score (nSPS) is 26.6. The zero-order valence-electron chi connectivity index (χ0n) is 10.1. The van der Waals surface area contributed by atoms with Crippen LogP contribution in [0.25, 0.3) is 0 Å². The highest BCUT2D eigenvalue weighted by Crippen LogP contribution is 2.36. The molecule has 0 amide bonds. The molecule has 0 spiro atoms. The number of carbonyl (C=O) groups is 4. The number of fused-ring (bicyclic) bond motifs is 1. The van der Waals surface area contributed by atoms with Crippen molar-refractivity contribution in [3.8, 4) is 0 Å². The third-order valence-electron chi connectivity index (χ3n) is 2.89. The van der Waals surface area contributed by atoms with Gasteiger partial charge in [0.05, 0.1) is 0 Å². The van der Waals surface area contributed by atoms with Gasteiger partial charge in [0.2, 0.25) is 11.6 Å². The van der Waals surface area contributed by atoms with Crippen LogP contribution in [0.3, 0.4) is 0 Å². The molecular weight excluding hydrogens is 224 g/mol. The van der Waals surface area contributed by atoms with Gasteiger partial charge in [-0.2, -0.15) is 0 Å². The SMILES string of the molecule is CC(C)=O.O.O=C1C(=O)C2CCCCC2C1=O. The van der Waals surface area contributed by atoms with Gasteiger partial charge in [0.1, 0.15) is 5.78 Å². The largest absolute Gasteiger partial charge is 0.412 e. The third-order valence-corrected chi connectivity index (χ3v) is 2.89. The van der Waals surface area contributed by atoms with Gasteiger partial charge >= 0.3 is 0 Å². The highest BCUT2D eigenvalue weighted by molar-refractivity contribution is 6.68. The first kappa shape index (κ1) is 15.6. The fourth-order valence-electron chi connectivity index (χ4n) is 2.22. The molecule has 2 unspecified atom stereocenters. The van der Waals surface area contributed by atoms with E-state index in [9.17, 15) is 19.2 Å². The number of hydrogen-bond donors (Lipinski definition) is 0. The molecule has 0 radical (unpaired) electrons. The first-order valence-corrected chi connectivity index (χ1v) is 5.54. The first-order chi connectivity index (χ1) is 7.45. The zero-order chi connectivity index (χ0) is 12.3. The second-order valence-corrected chi connectivity index (χ2v) is 4.46. The molecule has 0 aromatic heterocycles. The number of hydrogen-bond acceptors (Lipinski definition) is 4. The van der Waals surface area contributed by atoms with Crippen molar-refractivity contribution >= 4 is 23.1 Å². The van der Waals surface area contributed by atoms with Crippen LogP contribution in [0.1, 0.15) is 39.5 Å². The van der Waals surface area contributed by atoms with Crippen molar-refractivity contribution in [2.75, 3.05) is 0 Å². The van der Waals surface area contributed by atoms with Crippen LogP contribution >= 0.6 is 0 Å². The van der Waals surface area contributed by atoms with Crippen LogP contribution in [0.4, 0.5) is 0 Å². The van der Waals surface area contributed by atoms with Crippen LogP contribution in [0.5, 0.6) is 0 Å². The summed E-state index contributed by atoms with van der Waals surface area (Å²) in [4.78, 5) is 42.8. The molecule has 5 nitrogen and oxygen atoms in total. The van der Waals surface area contributed by atoms with Crippen LogP contribution in [0, 0.1) is 11.8 Å². The Morgan fingerprint density at radius 2 is 1.24 bits per heavy atom. The Morgan fingerprint density at radius 1 is 0.941 bits per heavy atom. The molecule has 2 fully saturated rings. The van der Waals surface area contributed by atoms with Crippen molar-refractivity contribution < 1.29 is 24.7 Å². The maximum absolute atomic E-state index is 11.2. The monoisotopic (exact) mass is 242 g/mol. The Morgan fingerprint density at radius 3 is 1.53 bits per heavy atom. The van der Waals surface area contributed by atoms with Gasteiger partial charge in [-0.1, -0.05) is 12.8 Å². The standard InChI is InChI=1S/C9H10O3.C3H6O.H2O/c10-7-5-3-1-2-4-6(5)8(11)9(7)12;1-3(2)4;/h5-6H,1-4H2;1-2H3;1H2.